The van der Waals surface area contributed by atoms with Crippen LogP contribution in [-0.4, -0.2) is 54.2 Å². The zero-order valence-corrected chi connectivity index (χ0v) is 12.3. The van der Waals surface area contributed by atoms with E-state index in [1.807, 2.05) is 0 Å². The molecule has 1 aliphatic heterocycles. The molecule has 0 unspecified atom stereocenters. The van der Waals surface area contributed by atoms with Crippen molar-refractivity contribution in [2.45, 2.75) is 31.0 Å². The highest BCUT2D eigenvalue weighted by Gasteiger charge is 2.54. The van der Waals surface area contributed by atoms with Crippen LogP contribution < -0.4 is 11.5 Å². The van der Waals surface area contributed by atoms with Gasteiger partial charge in [0.25, 0.3) is 0 Å². The molecule has 2 aromatic heterocycles. The molecular formula is C13H17FN6O3. The molecule has 0 bridgehead atoms. The van der Waals surface area contributed by atoms with Crippen LogP contribution in [-0.2, 0) is 4.74 Å². The second-order valence-electron chi connectivity index (χ2n) is 5.54. The van der Waals surface area contributed by atoms with Gasteiger partial charge in [0.1, 0.15) is 18.0 Å². The molecule has 0 aliphatic carbocycles. The van der Waals surface area contributed by atoms with Crippen molar-refractivity contribution in [3.05, 3.63) is 18.7 Å². The third-order valence-corrected chi connectivity index (χ3v) is 3.88. The van der Waals surface area contributed by atoms with E-state index >= 15 is 0 Å². The minimum absolute atomic E-state index is 0.0371. The largest absolute Gasteiger partial charge is 0.394 e. The summed E-state index contributed by atoms with van der Waals surface area (Å²) in [5, 5.41) is 19.1. The number of aliphatic hydroxyl groups excluding tert-OH is 2. The van der Waals surface area contributed by atoms with E-state index in [0.717, 1.165) is 0 Å². The van der Waals surface area contributed by atoms with E-state index in [0.29, 0.717) is 11.3 Å². The fraction of sp³-hybridized carbons (Fsp3) is 0.462. The van der Waals surface area contributed by atoms with Crippen LogP contribution in [0.2, 0.25) is 0 Å². The van der Waals surface area contributed by atoms with Crippen LogP contribution in [0.25, 0.3) is 11.3 Å². The first kappa shape index (κ1) is 15.6. The number of alkyl halides is 1. The summed E-state index contributed by atoms with van der Waals surface area (Å²) in [5.41, 5.74) is 9.98. The van der Waals surface area contributed by atoms with Crippen molar-refractivity contribution in [2.24, 2.45) is 0 Å². The van der Waals surface area contributed by atoms with Crippen molar-refractivity contribution >= 4 is 11.8 Å². The molecule has 9 nitrogen and oxygen atoms in total. The van der Waals surface area contributed by atoms with E-state index in [4.69, 9.17) is 21.3 Å². The zero-order valence-electron chi connectivity index (χ0n) is 12.3. The summed E-state index contributed by atoms with van der Waals surface area (Å²) in [7, 11) is 0. The predicted molar refractivity (Wildman–Crippen MR) is 78.6 cm³/mol. The third kappa shape index (κ3) is 2.50. The van der Waals surface area contributed by atoms with Crippen molar-refractivity contribution in [3.63, 3.8) is 0 Å². The first-order chi connectivity index (χ1) is 10.8. The molecule has 23 heavy (non-hydrogen) atoms. The average molecular weight is 324 g/mol. The Labute approximate surface area is 130 Å². The Morgan fingerprint density at radius 1 is 1.43 bits per heavy atom. The van der Waals surface area contributed by atoms with E-state index in [1.54, 1.807) is 0 Å². The predicted octanol–water partition coefficient (Wildman–Crippen LogP) is -0.517. The number of aromatic nitrogens is 4. The first-order valence-electron chi connectivity index (χ1n) is 6.89. The van der Waals surface area contributed by atoms with Gasteiger partial charge in [0.15, 0.2) is 11.9 Å². The van der Waals surface area contributed by atoms with Crippen molar-refractivity contribution in [3.8, 4) is 11.3 Å². The number of rotatable bonds is 3. The number of halogens is 1. The number of nitrogens with zero attached hydrogens (tertiary/aromatic N) is 4. The van der Waals surface area contributed by atoms with Crippen LogP contribution >= 0.6 is 0 Å². The number of anilines is 2. The van der Waals surface area contributed by atoms with Gasteiger partial charge in [-0.3, -0.25) is 0 Å². The molecule has 0 spiro atoms. The fourth-order valence-electron chi connectivity index (χ4n) is 2.60. The van der Waals surface area contributed by atoms with Crippen LogP contribution in [0.3, 0.4) is 0 Å². The molecule has 1 aliphatic rings. The first-order valence-corrected chi connectivity index (χ1v) is 6.89. The SMILES string of the molecule is C[C@@]1(F)[C@H](O)[C@@H](CO)O[C@H]1n1cnc(-c2cnc(N)nc2N)c1. The monoisotopic (exact) mass is 324 g/mol. The van der Waals surface area contributed by atoms with Crippen molar-refractivity contribution in [2.75, 3.05) is 18.1 Å². The zero-order chi connectivity index (χ0) is 16.8. The number of aliphatic hydroxyl groups is 2. The highest BCUT2D eigenvalue weighted by atomic mass is 19.1. The molecule has 6 N–H and O–H groups in total. The van der Waals surface area contributed by atoms with Crippen LogP contribution in [0, 0.1) is 0 Å². The molecule has 4 atom stereocenters. The normalized spacial score (nSPS) is 30.7. The van der Waals surface area contributed by atoms with Gasteiger partial charge in [-0.25, -0.2) is 14.4 Å². The van der Waals surface area contributed by atoms with Gasteiger partial charge >= 0.3 is 0 Å². The van der Waals surface area contributed by atoms with E-state index in [1.165, 1.54) is 30.2 Å². The highest BCUT2D eigenvalue weighted by Crippen LogP contribution is 2.41. The van der Waals surface area contributed by atoms with Gasteiger partial charge in [0, 0.05) is 12.4 Å². The molecule has 0 aromatic carbocycles. The molecule has 3 rings (SSSR count). The fourth-order valence-corrected chi connectivity index (χ4v) is 2.60. The van der Waals surface area contributed by atoms with E-state index < -0.39 is 30.7 Å². The summed E-state index contributed by atoms with van der Waals surface area (Å²) in [5.74, 6) is 0.182. The number of nitrogen functional groups attached to an aromatic ring is 2. The summed E-state index contributed by atoms with van der Waals surface area (Å²) in [6.07, 6.45) is 0.672. The Hall–Kier alpha value is -2.30. The van der Waals surface area contributed by atoms with Crippen LogP contribution in [0.15, 0.2) is 18.7 Å². The smallest absolute Gasteiger partial charge is 0.221 e. The van der Waals surface area contributed by atoms with Gasteiger partial charge in [-0.1, -0.05) is 0 Å². The van der Waals surface area contributed by atoms with Gasteiger partial charge in [-0.05, 0) is 6.92 Å². The number of hydrogen-bond acceptors (Lipinski definition) is 8. The summed E-state index contributed by atoms with van der Waals surface area (Å²) in [6, 6.07) is 0. The minimum Gasteiger partial charge on any atom is -0.394 e. The molecule has 0 saturated carbocycles. The van der Waals surface area contributed by atoms with Crippen molar-refractivity contribution < 1.29 is 19.3 Å². The summed E-state index contributed by atoms with van der Waals surface area (Å²) in [6.45, 7) is 0.718. The Bertz CT molecular complexity index is 721. The molecule has 124 valence electrons. The van der Waals surface area contributed by atoms with Gasteiger partial charge in [-0.2, -0.15) is 4.98 Å². The minimum atomic E-state index is -2.09. The van der Waals surface area contributed by atoms with Crippen molar-refractivity contribution in [1.29, 1.82) is 0 Å². The molecule has 3 heterocycles. The lowest BCUT2D eigenvalue weighted by molar-refractivity contribution is -0.0586. The molecule has 0 radical (unpaired) electrons. The number of nitrogens with two attached hydrogens (primary N) is 2. The maximum atomic E-state index is 14.7. The standard InChI is InChI=1S/C13H17FN6O3/c1-13(14)9(22)8(4-21)23-11(13)20-3-7(18-5-20)6-2-17-12(16)19-10(6)15/h2-3,5,8-9,11,21-22H,4H2,1H3,(H4,15,16,17,19)/t8-,9-,11-,13-/m1/s1. The van der Waals surface area contributed by atoms with Gasteiger partial charge in [-0.15, -0.1) is 0 Å². The Morgan fingerprint density at radius 3 is 2.78 bits per heavy atom. The third-order valence-electron chi connectivity index (χ3n) is 3.88. The Morgan fingerprint density at radius 2 is 2.17 bits per heavy atom. The van der Waals surface area contributed by atoms with Crippen LogP contribution in [0.1, 0.15) is 13.2 Å². The second kappa shape index (κ2) is 5.41. The molecule has 2 aromatic rings. The summed E-state index contributed by atoms with van der Waals surface area (Å²) in [4.78, 5) is 11.8. The Balaban J connectivity index is 1.93. The quantitative estimate of drug-likeness (QED) is 0.590. The van der Waals surface area contributed by atoms with Crippen LogP contribution in [0.4, 0.5) is 16.2 Å². The van der Waals surface area contributed by atoms with Crippen LogP contribution in [0.5, 0.6) is 0 Å². The number of imidazole rings is 1. The van der Waals surface area contributed by atoms with E-state index in [9.17, 15) is 9.50 Å². The Kier molecular flexibility index (Phi) is 3.66. The molecule has 1 saturated heterocycles. The topological polar surface area (TPSA) is 145 Å². The lowest BCUT2D eigenvalue weighted by atomic mass is 9.99. The second-order valence-corrected chi connectivity index (χ2v) is 5.54. The molecular weight excluding hydrogens is 307 g/mol. The summed E-state index contributed by atoms with van der Waals surface area (Å²) >= 11 is 0. The molecule has 0 amide bonds. The lowest BCUT2D eigenvalue weighted by Gasteiger charge is -2.24. The summed E-state index contributed by atoms with van der Waals surface area (Å²) < 4.78 is 21.5. The molecule has 10 heteroatoms. The number of ether oxygens (including phenoxy) is 1. The molecule has 1 fully saturated rings. The highest BCUT2D eigenvalue weighted by molar-refractivity contribution is 5.70. The number of hydrogen-bond donors (Lipinski definition) is 4. The van der Waals surface area contributed by atoms with Gasteiger partial charge in [0.05, 0.1) is 24.2 Å². The maximum absolute atomic E-state index is 14.7. The lowest BCUT2D eigenvalue weighted by Crippen LogP contribution is -2.40. The maximum Gasteiger partial charge on any atom is 0.221 e. The average Bonchev–Trinajstić information content (AvgIpc) is 3.04. The van der Waals surface area contributed by atoms with Crippen molar-refractivity contribution in [1.82, 2.24) is 19.5 Å². The van der Waals surface area contributed by atoms with Gasteiger partial charge < -0.3 is 31.0 Å². The van der Waals surface area contributed by atoms with E-state index in [-0.39, 0.29) is 11.8 Å². The van der Waals surface area contributed by atoms with E-state index in [2.05, 4.69) is 15.0 Å². The van der Waals surface area contributed by atoms with Gasteiger partial charge in [0.2, 0.25) is 5.95 Å².